The summed E-state index contributed by atoms with van der Waals surface area (Å²) in [4.78, 5) is 2.77. The molecular formula is C19H22S. The lowest BCUT2D eigenvalue weighted by Gasteiger charge is -2.08. The highest BCUT2D eigenvalue weighted by molar-refractivity contribution is 8.03. The van der Waals surface area contributed by atoms with Crippen molar-refractivity contribution in [2.45, 2.75) is 38.0 Å². The number of thioether (sulfide) groups is 1. The molecule has 0 nitrogen and oxygen atoms in total. The minimum Gasteiger partial charge on any atom is -0.0945 e. The largest absolute Gasteiger partial charge is 0.0945 e. The minimum absolute atomic E-state index is 1.03. The molecule has 104 valence electrons. The van der Waals surface area contributed by atoms with E-state index in [4.69, 9.17) is 0 Å². The summed E-state index contributed by atoms with van der Waals surface area (Å²) in [6.07, 6.45) is 5.77. The van der Waals surface area contributed by atoms with Crippen molar-refractivity contribution in [2.24, 2.45) is 0 Å². The zero-order valence-electron chi connectivity index (χ0n) is 12.3. The van der Waals surface area contributed by atoms with E-state index >= 15 is 0 Å². The Kier molecular flexibility index (Phi) is 5.94. The summed E-state index contributed by atoms with van der Waals surface area (Å²) in [5.41, 5.74) is 2.70. The van der Waals surface area contributed by atoms with Crippen LogP contribution in [0.5, 0.6) is 0 Å². The molecule has 0 aromatic heterocycles. The van der Waals surface area contributed by atoms with Crippen LogP contribution in [0.15, 0.2) is 70.5 Å². The number of rotatable bonds is 6. The van der Waals surface area contributed by atoms with Crippen LogP contribution >= 0.6 is 11.8 Å². The number of aryl methyl sites for hydroxylation is 1. The van der Waals surface area contributed by atoms with Gasteiger partial charge in [0.2, 0.25) is 0 Å². The molecule has 0 heterocycles. The molecule has 2 aromatic rings. The second-order valence-electron chi connectivity index (χ2n) is 5.04. The molecule has 0 aliphatic heterocycles. The van der Waals surface area contributed by atoms with E-state index in [9.17, 15) is 0 Å². The van der Waals surface area contributed by atoms with Crippen LogP contribution < -0.4 is 0 Å². The van der Waals surface area contributed by atoms with E-state index < -0.39 is 0 Å². The summed E-state index contributed by atoms with van der Waals surface area (Å²) in [7, 11) is 0. The first-order valence-electron chi connectivity index (χ1n) is 7.25. The zero-order valence-corrected chi connectivity index (χ0v) is 13.1. The van der Waals surface area contributed by atoms with Crippen molar-refractivity contribution in [1.29, 1.82) is 0 Å². The van der Waals surface area contributed by atoms with Crippen LogP contribution in [0.3, 0.4) is 0 Å². The fraction of sp³-hybridized carbons (Fsp3) is 0.263. The van der Waals surface area contributed by atoms with E-state index in [1.165, 1.54) is 27.3 Å². The smallest absolute Gasteiger partial charge is 0.0119 e. The number of hydrogen-bond donors (Lipinski definition) is 0. The summed E-state index contributed by atoms with van der Waals surface area (Å²) < 4.78 is 0. The normalized spacial score (nSPS) is 11.6. The number of unbranched alkanes of at least 4 members (excludes halogenated alkanes) is 1. The maximum Gasteiger partial charge on any atom is 0.0119 e. The number of benzene rings is 2. The Morgan fingerprint density at radius 3 is 2.35 bits per heavy atom. The Labute approximate surface area is 126 Å². The van der Waals surface area contributed by atoms with Gasteiger partial charge in [0.1, 0.15) is 0 Å². The van der Waals surface area contributed by atoms with Crippen molar-refractivity contribution >= 4 is 11.8 Å². The first kappa shape index (κ1) is 14.9. The van der Waals surface area contributed by atoms with Gasteiger partial charge in [0, 0.05) is 11.3 Å². The summed E-state index contributed by atoms with van der Waals surface area (Å²) in [5.74, 6) is 0. The summed E-state index contributed by atoms with van der Waals surface area (Å²) in [5, 5.41) is 0. The second-order valence-corrected chi connectivity index (χ2v) is 6.24. The molecule has 0 bridgehead atoms. The third-order valence-corrected chi connectivity index (χ3v) is 4.23. The molecule has 0 N–H and O–H groups in total. The van der Waals surface area contributed by atoms with Crippen molar-refractivity contribution in [3.63, 3.8) is 0 Å². The molecule has 2 aromatic carbocycles. The highest BCUT2D eigenvalue weighted by Crippen LogP contribution is 2.30. The molecule has 0 aliphatic rings. The van der Waals surface area contributed by atoms with Gasteiger partial charge in [-0.2, -0.15) is 0 Å². The average molecular weight is 282 g/mol. The fourth-order valence-corrected chi connectivity index (χ4v) is 3.02. The molecule has 0 radical (unpaired) electrons. The predicted molar refractivity (Wildman–Crippen MR) is 90.2 cm³/mol. The lowest BCUT2D eigenvalue weighted by molar-refractivity contribution is 0.951. The van der Waals surface area contributed by atoms with Crippen molar-refractivity contribution in [2.75, 3.05) is 0 Å². The second kappa shape index (κ2) is 7.96. The first-order valence-corrected chi connectivity index (χ1v) is 8.07. The van der Waals surface area contributed by atoms with Crippen molar-refractivity contribution < 1.29 is 0 Å². The van der Waals surface area contributed by atoms with Crippen LogP contribution in [-0.4, -0.2) is 0 Å². The van der Waals surface area contributed by atoms with Gasteiger partial charge in [-0.3, -0.25) is 0 Å². The average Bonchev–Trinajstić information content (AvgIpc) is 2.48. The van der Waals surface area contributed by atoms with Crippen LogP contribution in [0.25, 0.3) is 0 Å². The van der Waals surface area contributed by atoms with E-state index in [1.807, 2.05) is 11.8 Å². The highest BCUT2D eigenvalue weighted by Gasteiger charge is 2.02. The molecule has 0 atom stereocenters. The van der Waals surface area contributed by atoms with Crippen LogP contribution in [-0.2, 0) is 6.42 Å². The van der Waals surface area contributed by atoms with E-state index in [2.05, 4.69) is 74.5 Å². The monoisotopic (exact) mass is 282 g/mol. The summed E-state index contributed by atoms with van der Waals surface area (Å²) in [6, 6.07) is 19.5. The zero-order chi connectivity index (χ0) is 14.2. The van der Waals surface area contributed by atoms with Gasteiger partial charge in [0.25, 0.3) is 0 Å². The third kappa shape index (κ3) is 4.90. The van der Waals surface area contributed by atoms with Crippen LogP contribution in [0.1, 0.15) is 30.9 Å². The van der Waals surface area contributed by atoms with Gasteiger partial charge >= 0.3 is 0 Å². The van der Waals surface area contributed by atoms with Gasteiger partial charge in [0.15, 0.2) is 0 Å². The Morgan fingerprint density at radius 2 is 1.70 bits per heavy atom. The van der Waals surface area contributed by atoms with Crippen molar-refractivity contribution in [3.8, 4) is 0 Å². The molecule has 1 heteroatoms. The van der Waals surface area contributed by atoms with E-state index in [0.29, 0.717) is 0 Å². The third-order valence-electron chi connectivity index (χ3n) is 3.15. The quantitative estimate of drug-likeness (QED) is 0.584. The highest BCUT2D eigenvalue weighted by atomic mass is 32.2. The Hall–Kier alpha value is -1.47. The Morgan fingerprint density at radius 1 is 1.00 bits per heavy atom. The van der Waals surface area contributed by atoms with Gasteiger partial charge in [-0.25, -0.2) is 0 Å². The molecule has 0 unspecified atom stereocenters. The van der Waals surface area contributed by atoms with Gasteiger partial charge in [0.05, 0.1) is 0 Å². The minimum atomic E-state index is 1.03. The molecule has 20 heavy (non-hydrogen) atoms. The molecule has 0 saturated heterocycles. The van der Waals surface area contributed by atoms with Crippen LogP contribution in [0.2, 0.25) is 0 Å². The van der Waals surface area contributed by atoms with E-state index in [1.54, 1.807) is 0 Å². The molecule has 0 spiro atoms. The lowest BCUT2D eigenvalue weighted by Crippen LogP contribution is -1.88. The summed E-state index contributed by atoms with van der Waals surface area (Å²) >= 11 is 1.89. The predicted octanol–water partition coefficient (Wildman–Crippen LogP) is 6.01. The van der Waals surface area contributed by atoms with E-state index in [-0.39, 0.29) is 0 Å². The summed E-state index contributed by atoms with van der Waals surface area (Å²) in [6.45, 7) is 4.36. The first-order chi connectivity index (χ1) is 9.78. The maximum absolute atomic E-state index is 2.39. The molecule has 2 rings (SSSR count). The Bertz CT molecular complexity index is 538. The molecule has 0 amide bonds. The molecule has 0 saturated carbocycles. The maximum atomic E-state index is 2.39. The topological polar surface area (TPSA) is 0 Å². The standard InChI is InChI=1S/C19H22S/c1-3-4-10-19(15-17-8-6-5-7-9-17)20-18-13-11-16(2)12-14-18/h5-14H,3-4,15H2,1-2H3/b19-10+. The Balaban J connectivity index is 2.09. The number of allylic oxidation sites excluding steroid dienone is 2. The lowest BCUT2D eigenvalue weighted by atomic mass is 10.1. The SMILES string of the molecule is CCC/C=C(\Cc1ccccc1)Sc1ccc(C)cc1. The van der Waals surface area contributed by atoms with Gasteiger partial charge in [-0.15, -0.1) is 0 Å². The molecular weight excluding hydrogens is 260 g/mol. The van der Waals surface area contributed by atoms with E-state index in [0.717, 1.165) is 12.8 Å². The van der Waals surface area contributed by atoms with Crippen molar-refractivity contribution in [1.82, 2.24) is 0 Å². The fourth-order valence-electron chi connectivity index (χ4n) is 2.01. The van der Waals surface area contributed by atoms with Crippen molar-refractivity contribution in [3.05, 3.63) is 76.7 Å². The number of hydrogen-bond acceptors (Lipinski definition) is 1. The molecule has 0 aliphatic carbocycles. The van der Waals surface area contributed by atoms with Gasteiger partial charge in [-0.05, 0) is 35.9 Å². The van der Waals surface area contributed by atoms with Gasteiger partial charge in [-0.1, -0.05) is 79.2 Å². The van der Waals surface area contributed by atoms with Crippen LogP contribution in [0.4, 0.5) is 0 Å². The van der Waals surface area contributed by atoms with Gasteiger partial charge < -0.3 is 0 Å². The molecule has 0 fully saturated rings. The van der Waals surface area contributed by atoms with Crippen LogP contribution in [0, 0.1) is 6.92 Å².